The minimum atomic E-state index is -1.16. The van der Waals surface area contributed by atoms with Crippen molar-refractivity contribution in [3.63, 3.8) is 0 Å². The third kappa shape index (κ3) is 4.09. The van der Waals surface area contributed by atoms with Gasteiger partial charge in [0.15, 0.2) is 0 Å². The van der Waals surface area contributed by atoms with Crippen LogP contribution in [0.25, 0.3) is 11.3 Å². The normalized spacial score (nSPS) is 11.2. The van der Waals surface area contributed by atoms with Crippen molar-refractivity contribution in [1.82, 2.24) is 15.1 Å². The van der Waals surface area contributed by atoms with Gasteiger partial charge in [0.25, 0.3) is 5.56 Å². The molecule has 1 aromatic heterocycles. The van der Waals surface area contributed by atoms with Gasteiger partial charge in [-0.2, -0.15) is 5.10 Å². The van der Waals surface area contributed by atoms with Crippen LogP contribution in [0.3, 0.4) is 0 Å². The summed E-state index contributed by atoms with van der Waals surface area (Å²) >= 11 is 6.13. The van der Waals surface area contributed by atoms with Gasteiger partial charge in [-0.1, -0.05) is 60.1 Å². The van der Waals surface area contributed by atoms with Gasteiger partial charge in [-0.15, -0.1) is 0 Å². The quantitative estimate of drug-likeness (QED) is 0.734. The summed E-state index contributed by atoms with van der Waals surface area (Å²) in [5.74, 6) is -0.317. The summed E-state index contributed by atoms with van der Waals surface area (Å²) in [5.41, 5.74) is 0.804. The molecule has 3 aromatic rings. The van der Waals surface area contributed by atoms with E-state index in [-0.39, 0.29) is 18.0 Å². The van der Waals surface area contributed by atoms with Crippen molar-refractivity contribution in [2.75, 3.05) is 0 Å². The molecule has 138 valence electrons. The molecular formula is C21H20ClN3O2. The molecule has 0 spiro atoms. The van der Waals surface area contributed by atoms with Crippen LogP contribution in [0.15, 0.2) is 71.5 Å². The van der Waals surface area contributed by atoms with Gasteiger partial charge in [0.05, 0.1) is 5.69 Å². The molecule has 0 bridgehead atoms. The number of carbonyl (C=O) groups excluding carboxylic acids is 1. The number of hydrogen-bond acceptors (Lipinski definition) is 3. The average molecular weight is 382 g/mol. The number of halogens is 1. The molecule has 0 radical (unpaired) electrons. The van der Waals surface area contributed by atoms with E-state index in [9.17, 15) is 9.59 Å². The van der Waals surface area contributed by atoms with E-state index < -0.39 is 5.54 Å². The molecular weight excluding hydrogens is 362 g/mol. The first-order valence-corrected chi connectivity index (χ1v) is 8.95. The van der Waals surface area contributed by atoms with E-state index in [1.165, 1.54) is 10.7 Å². The van der Waals surface area contributed by atoms with E-state index in [0.717, 1.165) is 11.1 Å². The molecule has 0 aliphatic rings. The first-order chi connectivity index (χ1) is 12.9. The lowest BCUT2D eigenvalue weighted by Gasteiger charge is -2.25. The zero-order valence-electron chi connectivity index (χ0n) is 15.1. The zero-order chi connectivity index (χ0) is 19.4. The van der Waals surface area contributed by atoms with E-state index in [1.54, 1.807) is 26.0 Å². The zero-order valence-corrected chi connectivity index (χ0v) is 15.9. The Morgan fingerprint density at radius 2 is 1.70 bits per heavy atom. The van der Waals surface area contributed by atoms with Gasteiger partial charge in [0, 0.05) is 23.2 Å². The molecule has 27 heavy (non-hydrogen) atoms. The third-order valence-corrected chi connectivity index (χ3v) is 4.72. The second-order valence-corrected chi connectivity index (χ2v) is 7.07. The Labute approximate surface area is 162 Å². The minimum absolute atomic E-state index is 0.273. The van der Waals surface area contributed by atoms with E-state index in [4.69, 9.17) is 11.6 Å². The first-order valence-electron chi connectivity index (χ1n) is 8.57. The van der Waals surface area contributed by atoms with E-state index in [0.29, 0.717) is 10.7 Å². The fraction of sp³-hybridized carbons (Fsp3) is 0.190. The highest BCUT2D eigenvalue weighted by Crippen LogP contribution is 2.19. The fourth-order valence-electron chi connectivity index (χ4n) is 2.70. The summed E-state index contributed by atoms with van der Waals surface area (Å²) in [6, 6.07) is 19.9. The summed E-state index contributed by atoms with van der Waals surface area (Å²) in [4.78, 5) is 25.2. The molecule has 0 saturated heterocycles. The van der Waals surface area contributed by atoms with Crippen LogP contribution in [0.5, 0.6) is 0 Å². The van der Waals surface area contributed by atoms with Crippen LogP contribution < -0.4 is 10.9 Å². The Bertz CT molecular complexity index is 1010. The Hall–Kier alpha value is -2.92. The van der Waals surface area contributed by atoms with Gasteiger partial charge in [0.1, 0.15) is 5.54 Å². The summed E-state index contributed by atoms with van der Waals surface area (Å²) in [6.07, 6.45) is 0. The Balaban J connectivity index is 1.86. The highest BCUT2D eigenvalue weighted by molar-refractivity contribution is 6.31. The Kier molecular flexibility index (Phi) is 5.42. The average Bonchev–Trinajstić information content (AvgIpc) is 2.68. The molecule has 0 aliphatic heterocycles. The van der Waals surface area contributed by atoms with Gasteiger partial charge < -0.3 is 5.32 Å². The molecule has 0 aliphatic carbocycles. The molecule has 0 atom stereocenters. The van der Waals surface area contributed by atoms with Crippen molar-refractivity contribution >= 4 is 17.5 Å². The lowest BCUT2D eigenvalue weighted by atomic mass is 10.0. The lowest BCUT2D eigenvalue weighted by Crippen LogP contribution is -2.49. The number of aromatic nitrogens is 2. The van der Waals surface area contributed by atoms with Gasteiger partial charge in [-0.05, 0) is 31.5 Å². The van der Waals surface area contributed by atoms with Crippen LogP contribution in [0, 0.1) is 0 Å². The van der Waals surface area contributed by atoms with Crippen molar-refractivity contribution in [1.29, 1.82) is 0 Å². The van der Waals surface area contributed by atoms with Crippen molar-refractivity contribution in [2.24, 2.45) is 0 Å². The smallest absolute Gasteiger partial charge is 0.267 e. The van der Waals surface area contributed by atoms with Crippen LogP contribution in [0.4, 0.5) is 0 Å². The number of benzene rings is 2. The molecule has 2 aromatic carbocycles. The maximum absolute atomic E-state index is 12.8. The van der Waals surface area contributed by atoms with Crippen LogP contribution >= 0.6 is 11.6 Å². The second-order valence-electron chi connectivity index (χ2n) is 6.67. The predicted molar refractivity (Wildman–Crippen MR) is 107 cm³/mol. The SMILES string of the molecule is CC(C)(C(=O)NCc1ccccc1Cl)n1nc(-c2ccccc2)ccc1=O. The van der Waals surface area contributed by atoms with Crippen LogP contribution in [-0.2, 0) is 16.9 Å². The molecule has 1 heterocycles. The number of carbonyl (C=O) groups is 1. The number of rotatable bonds is 5. The number of nitrogens with zero attached hydrogens (tertiary/aromatic N) is 2. The highest BCUT2D eigenvalue weighted by atomic mass is 35.5. The largest absolute Gasteiger partial charge is 0.350 e. The predicted octanol–water partition coefficient (Wildman–Crippen LogP) is 3.62. The topological polar surface area (TPSA) is 64.0 Å². The Morgan fingerprint density at radius 1 is 1.04 bits per heavy atom. The van der Waals surface area contributed by atoms with Crippen LogP contribution in [-0.4, -0.2) is 15.7 Å². The van der Waals surface area contributed by atoms with E-state index in [2.05, 4.69) is 10.4 Å². The number of nitrogens with one attached hydrogen (secondary N) is 1. The van der Waals surface area contributed by atoms with E-state index >= 15 is 0 Å². The Morgan fingerprint density at radius 3 is 2.41 bits per heavy atom. The van der Waals surface area contributed by atoms with Gasteiger partial charge >= 0.3 is 0 Å². The third-order valence-electron chi connectivity index (χ3n) is 4.35. The monoisotopic (exact) mass is 381 g/mol. The standard InChI is InChI=1S/C21H20ClN3O2/c1-21(2,20(27)23-14-16-10-6-7-11-17(16)22)25-19(26)13-12-18(24-25)15-8-4-3-5-9-15/h3-13H,14H2,1-2H3,(H,23,27). The van der Waals surface area contributed by atoms with E-state index in [1.807, 2.05) is 48.5 Å². The van der Waals surface area contributed by atoms with Crippen LogP contribution in [0.2, 0.25) is 5.02 Å². The van der Waals surface area contributed by atoms with Gasteiger partial charge in [-0.25, -0.2) is 4.68 Å². The fourth-order valence-corrected chi connectivity index (χ4v) is 2.91. The second kappa shape index (κ2) is 7.76. The lowest BCUT2D eigenvalue weighted by molar-refractivity contribution is -0.129. The van der Waals surface area contributed by atoms with Crippen molar-refractivity contribution in [3.05, 3.63) is 87.7 Å². The molecule has 1 N–H and O–H groups in total. The molecule has 3 rings (SSSR count). The number of amides is 1. The van der Waals surface area contributed by atoms with Crippen LogP contribution in [0.1, 0.15) is 19.4 Å². The highest BCUT2D eigenvalue weighted by Gasteiger charge is 2.32. The maximum atomic E-state index is 12.8. The molecule has 1 amide bonds. The summed E-state index contributed by atoms with van der Waals surface area (Å²) in [7, 11) is 0. The van der Waals surface area contributed by atoms with Gasteiger partial charge in [0.2, 0.25) is 5.91 Å². The molecule has 6 heteroatoms. The molecule has 0 unspecified atom stereocenters. The first kappa shape index (κ1) is 18.9. The molecule has 0 saturated carbocycles. The maximum Gasteiger partial charge on any atom is 0.267 e. The number of hydrogen-bond donors (Lipinski definition) is 1. The molecule has 0 fully saturated rings. The van der Waals surface area contributed by atoms with Crippen molar-refractivity contribution < 1.29 is 4.79 Å². The minimum Gasteiger partial charge on any atom is -0.350 e. The summed E-state index contributed by atoms with van der Waals surface area (Å²) in [5, 5.41) is 7.85. The summed E-state index contributed by atoms with van der Waals surface area (Å²) < 4.78 is 1.22. The van der Waals surface area contributed by atoms with Gasteiger partial charge in [-0.3, -0.25) is 9.59 Å². The molecule has 5 nitrogen and oxygen atoms in total. The van der Waals surface area contributed by atoms with Crippen molar-refractivity contribution in [2.45, 2.75) is 25.9 Å². The van der Waals surface area contributed by atoms with Crippen molar-refractivity contribution in [3.8, 4) is 11.3 Å². The summed E-state index contributed by atoms with van der Waals surface area (Å²) in [6.45, 7) is 3.60.